The van der Waals surface area contributed by atoms with Crippen molar-refractivity contribution in [3.63, 3.8) is 0 Å². The van der Waals surface area contributed by atoms with Gasteiger partial charge in [-0.1, -0.05) is 54.6 Å². The quantitative estimate of drug-likeness (QED) is 0.852. The number of hydrogen-bond acceptors (Lipinski definition) is 3. The minimum Gasteiger partial charge on any atom is -0.462 e. The Labute approximate surface area is 124 Å². The fourth-order valence-electron chi connectivity index (χ4n) is 1.91. The highest BCUT2D eigenvalue weighted by Gasteiger charge is 2.05. The van der Waals surface area contributed by atoms with Gasteiger partial charge in [0.25, 0.3) is 0 Å². The molecule has 3 heteroatoms. The van der Waals surface area contributed by atoms with Gasteiger partial charge in [-0.2, -0.15) is 0 Å². The summed E-state index contributed by atoms with van der Waals surface area (Å²) in [5.41, 5.74) is 2.28. The molecule has 0 bridgehead atoms. The minimum atomic E-state index is -0.643. The van der Waals surface area contributed by atoms with Crippen LogP contribution in [0.4, 0.5) is 0 Å². The maximum absolute atomic E-state index is 11.5. The Bertz CT molecular complexity index is 600. The van der Waals surface area contributed by atoms with Crippen molar-refractivity contribution < 1.29 is 14.6 Å². The van der Waals surface area contributed by atoms with E-state index in [2.05, 4.69) is 0 Å². The molecule has 3 nitrogen and oxygen atoms in total. The van der Waals surface area contributed by atoms with E-state index >= 15 is 0 Å². The molecule has 0 saturated heterocycles. The zero-order valence-corrected chi connectivity index (χ0v) is 11.9. The van der Waals surface area contributed by atoms with Crippen LogP contribution >= 0.6 is 0 Å². The highest BCUT2D eigenvalue weighted by molar-refractivity contribution is 5.89. The SMILES string of the molecule is CCOC(=O)c1ccc(/C=C/C(O)c2ccccc2)cc1. The van der Waals surface area contributed by atoms with Crippen molar-refractivity contribution in [1.29, 1.82) is 0 Å². The molecule has 0 heterocycles. The Morgan fingerprint density at radius 1 is 1.14 bits per heavy atom. The van der Waals surface area contributed by atoms with E-state index in [1.165, 1.54) is 0 Å². The van der Waals surface area contributed by atoms with Crippen LogP contribution in [0.2, 0.25) is 0 Å². The van der Waals surface area contributed by atoms with Gasteiger partial charge in [0, 0.05) is 0 Å². The van der Waals surface area contributed by atoms with E-state index in [0.29, 0.717) is 12.2 Å². The number of aliphatic hydroxyl groups is 1. The maximum Gasteiger partial charge on any atom is 0.338 e. The summed E-state index contributed by atoms with van der Waals surface area (Å²) in [6, 6.07) is 16.5. The minimum absolute atomic E-state index is 0.322. The lowest BCUT2D eigenvalue weighted by atomic mass is 10.1. The molecule has 0 spiro atoms. The predicted molar refractivity (Wildman–Crippen MR) is 82.8 cm³/mol. The van der Waals surface area contributed by atoms with E-state index in [0.717, 1.165) is 11.1 Å². The Hall–Kier alpha value is -2.39. The molecule has 0 amide bonds. The summed E-state index contributed by atoms with van der Waals surface area (Å²) < 4.78 is 4.93. The third-order valence-corrected chi connectivity index (χ3v) is 3.03. The molecule has 0 radical (unpaired) electrons. The molecule has 2 rings (SSSR count). The van der Waals surface area contributed by atoms with Crippen molar-refractivity contribution in [2.45, 2.75) is 13.0 Å². The smallest absolute Gasteiger partial charge is 0.338 e. The maximum atomic E-state index is 11.5. The first-order valence-electron chi connectivity index (χ1n) is 6.89. The van der Waals surface area contributed by atoms with E-state index < -0.39 is 6.10 Å². The van der Waals surface area contributed by atoms with Gasteiger partial charge in [0.05, 0.1) is 18.3 Å². The number of benzene rings is 2. The van der Waals surface area contributed by atoms with Crippen molar-refractivity contribution in [2.24, 2.45) is 0 Å². The van der Waals surface area contributed by atoms with Crippen LogP contribution in [-0.2, 0) is 4.74 Å². The molecular formula is C18H18O3. The first-order chi connectivity index (χ1) is 10.2. The Morgan fingerprint density at radius 2 is 1.81 bits per heavy atom. The summed E-state index contributed by atoms with van der Waals surface area (Å²) in [6.45, 7) is 2.14. The number of carbonyl (C=O) groups excluding carboxylic acids is 1. The molecule has 0 aromatic heterocycles. The Morgan fingerprint density at radius 3 is 2.43 bits per heavy atom. The van der Waals surface area contributed by atoms with Crippen LogP contribution in [0.5, 0.6) is 0 Å². The van der Waals surface area contributed by atoms with Crippen LogP contribution in [0.15, 0.2) is 60.7 Å². The fraction of sp³-hybridized carbons (Fsp3) is 0.167. The van der Waals surface area contributed by atoms with Crippen LogP contribution in [0.1, 0.15) is 34.5 Å². The Kier molecular flexibility index (Phi) is 5.29. The molecule has 0 aliphatic heterocycles. The normalized spacial score (nSPS) is 12.3. The number of rotatable bonds is 5. The summed E-state index contributed by atoms with van der Waals surface area (Å²) in [6.07, 6.45) is 2.90. The van der Waals surface area contributed by atoms with Crippen LogP contribution in [0.3, 0.4) is 0 Å². The van der Waals surface area contributed by atoms with E-state index in [4.69, 9.17) is 4.74 Å². The van der Waals surface area contributed by atoms with Crippen molar-refractivity contribution in [2.75, 3.05) is 6.61 Å². The standard InChI is InChI=1S/C18H18O3/c1-2-21-18(20)16-11-8-14(9-12-16)10-13-17(19)15-6-4-3-5-7-15/h3-13,17,19H,2H2,1H3/b13-10+. The zero-order valence-electron chi connectivity index (χ0n) is 11.9. The zero-order chi connectivity index (χ0) is 15.1. The van der Waals surface area contributed by atoms with Crippen LogP contribution in [0.25, 0.3) is 6.08 Å². The van der Waals surface area contributed by atoms with Crippen LogP contribution in [-0.4, -0.2) is 17.7 Å². The van der Waals surface area contributed by atoms with Gasteiger partial charge in [-0.3, -0.25) is 0 Å². The highest BCUT2D eigenvalue weighted by Crippen LogP contribution is 2.15. The molecule has 108 valence electrons. The molecule has 2 aromatic rings. The van der Waals surface area contributed by atoms with Gasteiger partial charge in [-0.15, -0.1) is 0 Å². The van der Waals surface area contributed by atoms with E-state index in [9.17, 15) is 9.90 Å². The summed E-state index contributed by atoms with van der Waals surface area (Å²) in [7, 11) is 0. The lowest BCUT2D eigenvalue weighted by Gasteiger charge is -2.05. The van der Waals surface area contributed by atoms with Gasteiger partial charge >= 0.3 is 5.97 Å². The molecule has 1 atom stereocenters. The topological polar surface area (TPSA) is 46.5 Å². The average Bonchev–Trinajstić information content (AvgIpc) is 2.54. The average molecular weight is 282 g/mol. The van der Waals surface area contributed by atoms with Gasteiger partial charge in [0.2, 0.25) is 0 Å². The second kappa shape index (κ2) is 7.41. The molecule has 0 aliphatic rings. The van der Waals surface area contributed by atoms with Crippen molar-refractivity contribution in [3.8, 4) is 0 Å². The Balaban J connectivity index is 2.03. The van der Waals surface area contributed by atoms with Gasteiger partial charge < -0.3 is 9.84 Å². The molecule has 2 aromatic carbocycles. The monoisotopic (exact) mass is 282 g/mol. The second-order valence-corrected chi connectivity index (χ2v) is 4.56. The number of ether oxygens (including phenoxy) is 1. The van der Waals surface area contributed by atoms with E-state index in [1.807, 2.05) is 48.5 Å². The summed E-state index contributed by atoms with van der Waals surface area (Å²) in [5, 5.41) is 10.0. The molecule has 21 heavy (non-hydrogen) atoms. The highest BCUT2D eigenvalue weighted by atomic mass is 16.5. The third-order valence-electron chi connectivity index (χ3n) is 3.03. The molecule has 0 saturated carbocycles. The molecular weight excluding hydrogens is 264 g/mol. The van der Waals surface area contributed by atoms with E-state index in [-0.39, 0.29) is 5.97 Å². The fourth-order valence-corrected chi connectivity index (χ4v) is 1.91. The number of esters is 1. The van der Waals surface area contributed by atoms with Crippen molar-refractivity contribution in [3.05, 3.63) is 77.4 Å². The van der Waals surface area contributed by atoms with Gasteiger partial charge in [0.1, 0.15) is 0 Å². The van der Waals surface area contributed by atoms with Crippen LogP contribution < -0.4 is 0 Å². The lowest BCUT2D eigenvalue weighted by molar-refractivity contribution is 0.0526. The third kappa shape index (κ3) is 4.29. The molecule has 1 unspecified atom stereocenters. The summed E-state index contributed by atoms with van der Waals surface area (Å²) in [4.78, 5) is 11.5. The first-order valence-corrected chi connectivity index (χ1v) is 6.89. The van der Waals surface area contributed by atoms with Gasteiger partial charge in [-0.25, -0.2) is 4.79 Å². The number of aliphatic hydroxyl groups excluding tert-OH is 1. The summed E-state index contributed by atoms with van der Waals surface area (Å²) in [5.74, 6) is -0.322. The molecule has 0 aliphatic carbocycles. The second-order valence-electron chi connectivity index (χ2n) is 4.56. The molecule has 1 N–H and O–H groups in total. The van der Waals surface area contributed by atoms with Crippen molar-refractivity contribution >= 4 is 12.0 Å². The lowest BCUT2D eigenvalue weighted by Crippen LogP contribution is -2.03. The van der Waals surface area contributed by atoms with E-state index in [1.54, 1.807) is 25.1 Å². The largest absolute Gasteiger partial charge is 0.462 e. The summed E-state index contributed by atoms with van der Waals surface area (Å²) >= 11 is 0. The van der Waals surface area contributed by atoms with Crippen LogP contribution in [0, 0.1) is 0 Å². The predicted octanol–water partition coefficient (Wildman–Crippen LogP) is 3.61. The van der Waals surface area contributed by atoms with Crippen molar-refractivity contribution in [1.82, 2.24) is 0 Å². The number of hydrogen-bond donors (Lipinski definition) is 1. The molecule has 0 fully saturated rings. The first kappa shape index (κ1) is 15.0. The van der Waals surface area contributed by atoms with Gasteiger partial charge in [0.15, 0.2) is 0 Å². The van der Waals surface area contributed by atoms with Gasteiger partial charge in [-0.05, 0) is 30.2 Å². The number of carbonyl (C=O) groups is 1.